The monoisotopic (exact) mass is 396 g/mol. The van der Waals surface area contributed by atoms with Crippen LogP contribution in [0.1, 0.15) is 25.0 Å². The molecule has 0 fully saturated rings. The van der Waals surface area contributed by atoms with Gasteiger partial charge in [-0.2, -0.15) is 13.2 Å². The molecule has 2 N–H and O–H groups in total. The Morgan fingerprint density at radius 3 is 2.21 bits per heavy atom. The molecule has 0 aliphatic carbocycles. The molecule has 2 rings (SSSR count). The van der Waals surface area contributed by atoms with Crippen molar-refractivity contribution in [2.45, 2.75) is 26.4 Å². The molecule has 152 valence electrons. The maximum atomic E-state index is 12.5. The van der Waals surface area contributed by atoms with Crippen molar-refractivity contribution in [3.05, 3.63) is 53.6 Å². The molecule has 5 nitrogen and oxygen atoms in total. The van der Waals surface area contributed by atoms with E-state index >= 15 is 0 Å². The summed E-state index contributed by atoms with van der Waals surface area (Å²) in [5, 5.41) is 5.17. The summed E-state index contributed by atoms with van der Waals surface area (Å²) in [6.07, 6.45) is -3.84. The van der Waals surface area contributed by atoms with Gasteiger partial charge in [-0.3, -0.25) is 0 Å². The molecule has 0 aliphatic heterocycles. The number of ether oxygens (including phenoxy) is 2. The van der Waals surface area contributed by atoms with E-state index in [1.807, 2.05) is 32.0 Å². The van der Waals surface area contributed by atoms with Gasteiger partial charge >= 0.3 is 12.2 Å². The van der Waals surface area contributed by atoms with Crippen LogP contribution in [-0.2, 0) is 12.6 Å². The highest BCUT2D eigenvalue weighted by Crippen LogP contribution is 2.30. The van der Waals surface area contributed by atoms with Crippen LogP contribution in [0.2, 0.25) is 0 Å². The number of anilines is 1. The number of benzene rings is 2. The first-order valence-corrected chi connectivity index (χ1v) is 8.94. The highest BCUT2D eigenvalue weighted by Gasteiger charge is 2.29. The Morgan fingerprint density at radius 1 is 0.964 bits per heavy atom. The molecule has 0 aromatic heterocycles. The highest BCUT2D eigenvalue weighted by molar-refractivity contribution is 5.89. The van der Waals surface area contributed by atoms with Crippen LogP contribution in [0, 0.1) is 0 Å². The largest absolute Gasteiger partial charge is 0.490 e. The van der Waals surface area contributed by atoms with Gasteiger partial charge in [-0.25, -0.2) is 4.79 Å². The predicted octanol–water partition coefficient (Wildman–Crippen LogP) is 4.87. The molecule has 0 aliphatic rings. The number of hydrogen-bond donors (Lipinski definition) is 2. The lowest BCUT2D eigenvalue weighted by molar-refractivity contribution is -0.137. The number of carbonyl (C=O) groups excluding carboxylic acids is 1. The average molecular weight is 396 g/mol. The van der Waals surface area contributed by atoms with Crippen LogP contribution < -0.4 is 20.1 Å². The molecule has 0 heterocycles. The zero-order valence-electron chi connectivity index (χ0n) is 15.7. The summed E-state index contributed by atoms with van der Waals surface area (Å²) >= 11 is 0. The van der Waals surface area contributed by atoms with E-state index in [1.165, 1.54) is 12.1 Å². The maximum Gasteiger partial charge on any atom is 0.416 e. The normalized spacial score (nSPS) is 11.0. The van der Waals surface area contributed by atoms with E-state index in [0.717, 1.165) is 17.7 Å². The number of urea groups is 1. The van der Waals surface area contributed by atoms with Crippen LogP contribution in [-0.4, -0.2) is 25.8 Å². The maximum absolute atomic E-state index is 12.5. The lowest BCUT2D eigenvalue weighted by atomic mass is 10.1. The van der Waals surface area contributed by atoms with Crippen LogP contribution in [0.3, 0.4) is 0 Å². The fourth-order valence-corrected chi connectivity index (χ4v) is 2.49. The lowest BCUT2D eigenvalue weighted by Crippen LogP contribution is -2.30. The molecule has 0 saturated carbocycles. The van der Waals surface area contributed by atoms with Crippen LogP contribution in [0.25, 0.3) is 0 Å². The topological polar surface area (TPSA) is 59.6 Å². The Morgan fingerprint density at radius 2 is 1.61 bits per heavy atom. The first-order chi connectivity index (χ1) is 13.3. The van der Waals surface area contributed by atoms with Crippen molar-refractivity contribution in [3.63, 3.8) is 0 Å². The van der Waals surface area contributed by atoms with E-state index in [-0.39, 0.29) is 5.69 Å². The SMILES string of the molecule is CCOc1ccc(CCNC(=O)Nc2ccc(C(F)(F)F)cc2)cc1OCC. The average Bonchev–Trinajstić information content (AvgIpc) is 2.64. The third-order valence-corrected chi connectivity index (χ3v) is 3.78. The number of amides is 2. The summed E-state index contributed by atoms with van der Waals surface area (Å²) < 4.78 is 48.7. The Bertz CT molecular complexity index is 777. The summed E-state index contributed by atoms with van der Waals surface area (Å²) in [5.74, 6) is 1.32. The lowest BCUT2D eigenvalue weighted by Gasteiger charge is -2.13. The summed E-state index contributed by atoms with van der Waals surface area (Å²) in [6.45, 7) is 5.17. The van der Waals surface area contributed by atoms with Crippen molar-refractivity contribution < 1.29 is 27.4 Å². The molecule has 0 radical (unpaired) electrons. The van der Waals surface area contributed by atoms with Crippen LogP contribution >= 0.6 is 0 Å². The van der Waals surface area contributed by atoms with Gasteiger partial charge in [-0.15, -0.1) is 0 Å². The van der Waals surface area contributed by atoms with Gasteiger partial charge in [0.15, 0.2) is 11.5 Å². The third kappa shape index (κ3) is 6.37. The van der Waals surface area contributed by atoms with Gasteiger partial charge in [-0.05, 0) is 62.2 Å². The first-order valence-electron chi connectivity index (χ1n) is 8.94. The molecule has 0 bridgehead atoms. The fraction of sp³-hybridized carbons (Fsp3) is 0.350. The number of rotatable bonds is 8. The summed E-state index contributed by atoms with van der Waals surface area (Å²) in [4.78, 5) is 11.9. The molecule has 0 atom stereocenters. The van der Waals surface area contributed by atoms with E-state index in [1.54, 1.807) is 0 Å². The van der Waals surface area contributed by atoms with Gasteiger partial charge in [0.1, 0.15) is 0 Å². The number of hydrogen-bond acceptors (Lipinski definition) is 3. The molecule has 8 heteroatoms. The minimum Gasteiger partial charge on any atom is -0.490 e. The fourth-order valence-electron chi connectivity index (χ4n) is 2.49. The Kier molecular flexibility index (Phi) is 7.54. The molecule has 2 aromatic rings. The van der Waals surface area contributed by atoms with Gasteiger partial charge in [-0.1, -0.05) is 6.07 Å². The predicted molar refractivity (Wildman–Crippen MR) is 101 cm³/mol. The van der Waals surface area contributed by atoms with Gasteiger partial charge in [0.25, 0.3) is 0 Å². The van der Waals surface area contributed by atoms with Crippen molar-refractivity contribution in [1.29, 1.82) is 0 Å². The van der Waals surface area contributed by atoms with Crippen molar-refractivity contribution in [2.75, 3.05) is 25.1 Å². The van der Waals surface area contributed by atoms with Crippen LogP contribution in [0.5, 0.6) is 11.5 Å². The Hall–Kier alpha value is -2.90. The Balaban J connectivity index is 1.85. The molecule has 28 heavy (non-hydrogen) atoms. The van der Waals surface area contributed by atoms with E-state index in [0.29, 0.717) is 37.7 Å². The molecule has 2 amide bonds. The number of carbonyl (C=O) groups is 1. The van der Waals surface area contributed by atoms with Gasteiger partial charge in [0.2, 0.25) is 0 Å². The summed E-state index contributed by atoms with van der Waals surface area (Å²) in [5.41, 5.74) is 0.478. The van der Waals surface area contributed by atoms with Crippen molar-refractivity contribution in [3.8, 4) is 11.5 Å². The quantitative estimate of drug-likeness (QED) is 0.670. The van der Waals surface area contributed by atoms with Crippen molar-refractivity contribution in [1.82, 2.24) is 5.32 Å². The molecule has 0 saturated heterocycles. The van der Waals surface area contributed by atoms with Crippen molar-refractivity contribution in [2.24, 2.45) is 0 Å². The van der Waals surface area contributed by atoms with Crippen molar-refractivity contribution >= 4 is 11.7 Å². The second-order valence-corrected chi connectivity index (χ2v) is 5.85. The number of nitrogens with one attached hydrogen (secondary N) is 2. The molecule has 0 spiro atoms. The smallest absolute Gasteiger partial charge is 0.416 e. The van der Waals surface area contributed by atoms with Crippen LogP contribution in [0.15, 0.2) is 42.5 Å². The molecular formula is C20H23F3N2O3. The zero-order chi connectivity index (χ0) is 20.6. The van der Waals surface area contributed by atoms with Gasteiger partial charge in [0.05, 0.1) is 18.8 Å². The number of alkyl halides is 3. The summed E-state index contributed by atoms with van der Waals surface area (Å²) in [6, 6.07) is 9.36. The highest BCUT2D eigenvalue weighted by atomic mass is 19.4. The van der Waals surface area contributed by atoms with E-state index in [2.05, 4.69) is 10.6 Å². The van der Waals surface area contributed by atoms with Gasteiger partial charge in [0, 0.05) is 12.2 Å². The third-order valence-electron chi connectivity index (χ3n) is 3.78. The van der Waals surface area contributed by atoms with E-state index < -0.39 is 17.8 Å². The molecule has 0 unspecified atom stereocenters. The Labute approximate surface area is 161 Å². The molecular weight excluding hydrogens is 373 g/mol. The van der Waals surface area contributed by atoms with Crippen LogP contribution in [0.4, 0.5) is 23.7 Å². The second kappa shape index (κ2) is 9.87. The standard InChI is InChI=1S/C20H23F3N2O3/c1-3-27-17-10-5-14(13-18(17)28-4-2)11-12-24-19(26)25-16-8-6-15(7-9-16)20(21,22)23/h5-10,13H,3-4,11-12H2,1-2H3,(H2,24,25,26). The number of halogens is 3. The van der Waals surface area contributed by atoms with Gasteiger partial charge < -0.3 is 20.1 Å². The van der Waals surface area contributed by atoms with E-state index in [9.17, 15) is 18.0 Å². The summed E-state index contributed by atoms with van der Waals surface area (Å²) in [7, 11) is 0. The first kappa shape index (κ1) is 21.4. The zero-order valence-corrected chi connectivity index (χ0v) is 15.7. The molecule has 2 aromatic carbocycles. The minimum atomic E-state index is -4.40. The van der Waals surface area contributed by atoms with E-state index in [4.69, 9.17) is 9.47 Å². The minimum absolute atomic E-state index is 0.283. The second-order valence-electron chi connectivity index (χ2n) is 5.85.